The number of rotatable bonds is 17. The van der Waals surface area contributed by atoms with Gasteiger partial charge in [0.25, 0.3) is 0 Å². The number of carbonyl (C=O) groups excluding carboxylic acids is 4. The van der Waals surface area contributed by atoms with Gasteiger partial charge in [-0.15, -0.1) is 0 Å². The maximum atomic E-state index is 12.8. The van der Waals surface area contributed by atoms with Crippen LogP contribution in [0.5, 0.6) is 11.5 Å². The average molecular weight is 580 g/mol. The van der Waals surface area contributed by atoms with E-state index in [0.29, 0.717) is 17.9 Å². The van der Waals surface area contributed by atoms with Crippen molar-refractivity contribution < 1.29 is 42.9 Å². The summed E-state index contributed by atoms with van der Waals surface area (Å²) in [5.74, 6) is -0.865. The minimum absolute atomic E-state index is 0.0349. The van der Waals surface area contributed by atoms with Crippen molar-refractivity contribution in [3.8, 4) is 11.5 Å². The molecule has 0 radical (unpaired) electrons. The molecular weight excluding hydrogens is 530 g/mol. The van der Waals surface area contributed by atoms with Crippen molar-refractivity contribution in [2.45, 2.75) is 105 Å². The maximum Gasteiger partial charge on any atom is 0.508 e. The Morgan fingerprint density at radius 3 is 1.95 bits per heavy atom. The van der Waals surface area contributed by atoms with Gasteiger partial charge < -0.3 is 29.4 Å². The van der Waals surface area contributed by atoms with Crippen LogP contribution in [0.2, 0.25) is 0 Å². The Morgan fingerprint density at radius 2 is 1.44 bits per heavy atom. The molecule has 4 atom stereocenters. The summed E-state index contributed by atoms with van der Waals surface area (Å²) in [6, 6.07) is 4.67. The summed E-state index contributed by atoms with van der Waals surface area (Å²) >= 11 is 0. The van der Waals surface area contributed by atoms with E-state index in [1.165, 1.54) is 19.2 Å². The lowest BCUT2D eigenvalue weighted by atomic mass is 9.86. The third kappa shape index (κ3) is 13.4. The quantitative estimate of drug-likeness (QED) is 0.179. The highest BCUT2D eigenvalue weighted by Gasteiger charge is 2.38. The second-order valence-corrected chi connectivity index (χ2v) is 11.4. The van der Waals surface area contributed by atoms with Gasteiger partial charge in [0.15, 0.2) is 11.5 Å². The standard InChI is InChI=1S/C31H49NO9/c1-9-21(5)15-27(33)40-25-12-11-24(17-26(25)41-28(34)16-22(6)10-2)19-31(32,29(35)37-8)18-23(7)39-30(36)38-14-13-20(3)4/h11-12,17,20-23H,9-10,13-16,18-19,32H2,1-8H3/t21?,22?,23-,31?/m0/s1. The molecule has 0 heterocycles. The lowest BCUT2D eigenvalue weighted by Crippen LogP contribution is -2.53. The Bertz CT molecular complexity index is 1010. The molecule has 0 amide bonds. The van der Waals surface area contributed by atoms with Crippen LogP contribution < -0.4 is 15.2 Å². The van der Waals surface area contributed by atoms with E-state index in [1.54, 1.807) is 13.0 Å². The van der Waals surface area contributed by atoms with Crippen molar-refractivity contribution in [1.82, 2.24) is 0 Å². The van der Waals surface area contributed by atoms with E-state index in [0.717, 1.165) is 12.8 Å². The van der Waals surface area contributed by atoms with E-state index >= 15 is 0 Å². The first-order valence-electron chi connectivity index (χ1n) is 14.5. The number of ether oxygens (including phenoxy) is 5. The largest absolute Gasteiger partial charge is 0.508 e. The van der Waals surface area contributed by atoms with Crippen molar-refractivity contribution in [2.75, 3.05) is 13.7 Å². The summed E-state index contributed by atoms with van der Waals surface area (Å²) in [4.78, 5) is 50.0. The van der Waals surface area contributed by atoms with E-state index in [4.69, 9.17) is 29.4 Å². The Labute approximate surface area is 244 Å². The second-order valence-electron chi connectivity index (χ2n) is 11.4. The minimum Gasteiger partial charge on any atom is -0.468 e. The van der Waals surface area contributed by atoms with Crippen LogP contribution in [0.1, 0.15) is 92.6 Å². The Morgan fingerprint density at radius 1 is 0.878 bits per heavy atom. The molecule has 0 spiro atoms. The van der Waals surface area contributed by atoms with Gasteiger partial charge in [-0.2, -0.15) is 0 Å². The molecule has 41 heavy (non-hydrogen) atoms. The molecule has 0 bridgehead atoms. The number of esters is 3. The zero-order valence-electron chi connectivity index (χ0n) is 25.9. The lowest BCUT2D eigenvalue weighted by Gasteiger charge is -2.29. The van der Waals surface area contributed by atoms with E-state index in [2.05, 4.69) is 0 Å². The molecule has 10 heteroatoms. The monoisotopic (exact) mass is 579 g/mol. The highest BCUT2D eigenvalue weighted by molar-refractivity contribution is 5.81. The van der Waals surface area contributed by atoms with Crippen LogP contribution in [0, 0.1) is 17.8 Å². The first kappa shape index (κ1) is 35.9. The van der Waals surface area contributed by atoms with E-state index in [-0.39, 0.29) is 55.6 Å². The van der Waals surface area contributed by atoms with Gasteiger partial charge in [0, 0.05) is 25.7 Å². The molecule has 2 N–H and O–H groups in total. The average Bonchev–Trinajstić information content (AvgIpc) is 2.88. The van der Waals surface area contributed by atoms with Crippen LogP contribution in [0.3, 0.4) is 0 Å². The fourth-order valence-electron chi connectivity index (χ4n) is 3.94. The predicted molar refractivity (Wildman–Crippen MR) is 154 cm³/mol. The zero-order chi connectivity index (χ0) is 31.2. The predicted octanol–water partition coefficient (Wildman–Crippen LogP) is 5.76. The number of hydrogen-bond donors (Lipinski definition) is 1. The van der Waals surface area contributed by atoms with Gasteiger partial charge in [0.2, 0.25) is 0 Å². The summed E-state index contributed by atoms with van der Waals surface area (Å²) in [6.07, 6.45) is 1.00. The Hall–Kier alpha value is -3.14. The highest BCUT2D eigenvalue weighted by atomic mass is 16.7. The van der Waals surface area contributed by atoms with Crippen LogP contribution in [0.25, 0.3) is 0 Å². The van der Waals surface area contributed by atoms with Gasteiger partial charge in [-0.05, 0) is 48.8 Å². The van der Waals surface area contributed by atoms with Crippen LogP contribution in [0.15, 0.2) is 18.2 Å². The van der Waals surface area contributed by atoms with Crippen molar-refractivity contribution in [3.63, 3.8) is 0 Å². The summed E-state index contributed by atoms with van der Waals surface area (Å²) in [6.45, 7) is 13.7. The number of hydrogen-bond acceptors (Lipinski definition) is 10. The fourth-order valence-corrected chi connectivity index (χ4v) is 3.94. The molecule has 1 aromatic carbocycles. The molecule has 0 fully saturated rings. The smallest absolute Gasteiger partial charge is 0.468 e. The number of nitrogens with two attached hydrogens (primary N) is 1. The summed E-state index contributed by atoms with van der Waals surface area (Å²) in [5.41, 5.74) is 5.47. The van der Waals surface area contributed by atoms with Crippen molar-refractivity contribution in [3.05, 3.63) is 23.8 Å². The molecule has 10 nitrogen and oxygen atoms in total. The Balaban J connectivity index is 3.18. The number of benzene rings is 1. The van der Waals surface area contributed by atoms with Crippen LogP contribution in [0.4, 0.5) is 4.79 Å². The van der Waals surface area contributed by atoms with Gasteiger partial charge >= 0.3 is 24.1 Å². The summed E-state index contributed by atoms with van der Waals surface area (Å²) in [5, 5.41) is 0. The van der Waals surface area contributed by atoms with E-state index < -0.39 is 35.7 Å². The highest BCUT2D eigenvalue weighted by Crippen LogP contribution is 2.32. The SMILES string of the molecule is CCC(C)CC(=O)Oc1ccc(CC(N)(C[C@H](C)OC(=O)OCCC(C)C)C(=O)OC)cc1OC(=O)CC(C)CC. The Kier molecular flexibility index (Phi) is 15.4. The lowest BCUT2D eigenvalue weighted by molar-refractivity contribution is -0.148. The molecule has 0 aliphatic heterocycles. The first-order valence-corrected chi connectivity index (χ1v) is 14.5. The third-order valence-corrected chi connectivity index (χ3v) is 6.86. The van der Waals surface area contributed by atoms with Gasteiger partial charge in [-0.1, -0.05) is 60.5 Å². The van der Waals surface area contributed by atoms with Gasteiger partial charge in [-0.25, -0.2) is 4.79 Å². The van der Waals surface area contributed by atoms with Crippen LogP contribution in [-0.4, -0.2) is 49.4 Å². The topological polar surface area (TPSA) is 140 Å². The second kappa shape index (κ2) is 17.6. The van der Waals surface area contributed by atoms with Crippen molar-refractivity contribution in [2.24, 2.45) is 23.5 Å². The number of methoxy groups -OCH3 is 1. The van der Waals surface area contributed by atoms with Crippen LogP contribution >= 0.6 is 0 Å². The van der Waals surface area contributed by atoms with E-state index in [1.807, 2.05) is 41.5 Å². The molecular formula is C31H49NO9. The van der Waals surface area contributed by atoms with Gasteiger partial charge in [0.1, 0.15) is 11.6 Å². The third-order valence-electron chi connectivity index (χ3n) is 6.86. The molecule has 0 aromatic heterocycles. The van der Waals surface area contributed by atoms with Crippen LogP contribution in [-0.2, 0) is 35.0 Å². The molecule has 232 valence electrons. The number of carbonyl (C=O) groups is 4. The summed E-state index contributed by atoms with van der Waals surface area (Å²) in [7, 11) is 1.22. The minimum atomic E-state index is -1.58. The summed E-state index contributed by atoms with van der Waals surface area (Å²) < 4.78 is 26.6. The molecule has 0 saturated carbocycles. The normalized spacial score (nSPS) is 14.8. The molecule has 1 rings (SSSR count). The van der Waals surface area contributed by atoms with Crippen molar-refractivity contribution in [1.29, 1.82) is 0 Å². The molecule has 3 unspecified atom stereocenters. The zero-order valence-corrected chi connectivity index (χ0v) is 25.9. The fraction of sp³-hybridized carbons (Fsp3) is 0.677. The molecule has 0 aliphatic rings. The first-order chi connectivity index (χ1) is 19.2. The maximum absolute atomic E-state index is 12.8. The van der Waals surface area contributed by atoms with Crippen molar-refractivity contribution >= 4 is 24.1 Å². The molecule has 0 saturated heterocycles. The van der Waals surface area contributed by atoms with Gasteiger partial charge in [0.05, 0.1) is 13.7 Å². The molecule has 1 aromatic rings. The molecule has 0 aliphatic carbocycles. The van der Waals surface area contributed by atoms with E-state index in [9.17, 15) is 19.2 Å². The van der Waals surface area contributed by atoms with Gasteiger partial charge in [-0.3, -0.25) is 14.4 Å².